The number of piperazine rings is 1. The van der Waals surface area contributed by atoms with E-state index in [1.807, 2.05) is 82.9 Å². The fourth-order valence-corrected chi connectivity index (χ4v) is 10.2. The third kappa shape index (κ3) is 10.7. The molecule has 2 aromatic heterocycles. The summed E-state index contributed by atoms with van der Waals surface area (Å²) in [4.78, 5) is 58.5. The molecule has 4 heterocycles. The zero-order valence-corrected chi connectivity index (χ0v) is 36.3. The first kappa shape index (κ1) is 42.2. The summed E-state index contributed by atoms with van der Waals surface area (Å²) in [5.74, 6) is -0.0756. The molecule has 2 fully saturated rings. The van der Waals surface area contributed by atoms with Crippen LogP contribution < -0.4 is 10.6 Å². The second-order valence-electron chi connectivity index (χ2n) is 15.8. The van der Waals surface area contributed by atoms with Gasteiger partial charge in [-0.25, -0.2) is 9.97 Å². The van der Waals surface area contributed by atoms with E-state index in [9.17, 15) is 14.4 Å². The molecule has 4 aromatic carbocycles. The molecule has 2 aliphatic rings. The summed E-state index contributed by atoms with van der Waals surface area (Å²) in [5.41, 5.74) is 6.23. The van der Waals surface area contributed by atoms with Crippen molar-refractivity contribution in [3.8, 4) is 32.0 Å². The van der Waals surface area contributed by atoms with E-state index in [2.05, 4.69) is 71.0 Å². The summed E-state index contributed by atoms with van der Waals surface area (Å²) in [6.45, 7) is 8.33. The number of likely N-dealkylation sites (tertiary alicyclic amines) is 1. The quantitative estimate of drug-likeness (QED) is 0.101. The fourth-order valence-electron chi connectivity index (χ4n) is 8.17. The Balaban J connectivity index is 0.893. The van der Waals surface area contributed by atoms with Gasteiger partial charge in [-0.15, -0.1) is 22.7 Å². The molecule has 0 bridgehead atoms. The Morgan fingerprint density at radius 1 is 0.787 bits per heavy atom. The number of benzene rings is 4. The van der Waals surface area contributed by atoms with E-state index in [0.717, 1.165) is 98.6 Å². The highest BCUT2D eigenvalue weighted by molar-refractivity contribution is 7.15. The molecule has 0 unspecified atom stereocenters. The second kappa shape index (κ2) is 20.4. The van der Waals surface area contributed by atoms with Gasteiger partial charge >= 0.3 is 0 Å². The Morgan fingerprint density at radius 2 is 1.41 bits per heavy atom. The van der Waals surface area contributed by atoms with Crippen molar-refractivity contribution in [2.45, 2.75) is 57.7 Å². The third-order valence-corrected chi connectivity index (χ3v) is 13.7. The fraction of sp³-hybridized carbons (Fsp3) is 0.327. The third-order valence-electron chi connectivity index (χ3n) is 11.5. The van der Waals surface area contributed by atoms with Gasteiger partial charge in [-0.2, -0.15) is 0 Å². The van der Waals surface area contributed by atoms with Gasteiger partial charge in [0.05, 0.1) is 28.8 Å². The van der Waals surface area contributed by atoms with Crippen molar-refractivity contribution < 1.29 is 14.4 Å². The van der Waals surface area contributed by atoms with Gasteiger partial charge in [0.15, 0.2) is 0 Å². The number of carbonyl (C=O) groups excluding carboxylic acids is 3. The van der Waals surface area contributed by atoms with E-state index in [1.165, 1.54) is 0 Å². The van der Waals surface area contributed by atoms with Crippen LogP contribution in [0, 0.1) is 0 Å². The molecule has 12 heteroatoms. The van der Waals surface area contributed by atoms with Gasteiger partial charge in [0, 0.05) is 64.6 Å². The van der Waals surface area contributed by atoms with Gasteiger partial charge < -0.3 is 25.3 Å². The van der Waals surface area contributed by atoms with Crippen molar-refractivity contribution in [3.63, 3.8) is 0 Å². The van der Waals surface area contributed by atoms with Gasteiger partial charge in [-0.1, -0.05) is 116 Å². The number of amides is 3. The highest BCUT2D eigenvalue weighted by atomic mass is 32.1. The van der Waals surface area contributed by atoms with Crippen LogP contribution in [0.3, 0.4) is 0 Å². The number of nitrogens with one attached hydrogen (secondary N) is 2. The molecule has 2 atom stereocenters. The standard InChI is InChI=1S/C49H53N7O3S2/c1-2-26-55(46(58)31-35-10-5-3-6-11-35)34-45-51-32-42(60-45)38-19-15-36(16-20-38)37-17-21-39(22-18-37)43-33-52-48(61-43)41-14-9-27-56(41)49(59)47(40-12-7-4-8-13-40)53-44(57)23-28-54-29-24-50-25-30-54/h3-8,10-13,15-22,32-33,41,47,50H,2,9,14,23-31,34H2,1H3,(H,53,57)/t41-,47+/m0/s1. The lowest BCUT2D eigenvalue weighted by Crippen LogP contribution is -2.46. The van der Waals surface area contributed by atoms with Crippen LogP contribution in [0.15, 0.2) is 122 Å². The second-order valence-corrected chi connectivity index (χ2v) is 17.9. The van der Waals surface area contributed by atoms with E-state index in [1.54, 1.807) is 22.7 Å². The molecule has 3 amide bonds. The van der Waals surface area contributed by atoms with Crippen molar-refractivity contribution in [2.75, 3.05) is 45.8 Å². The largest absolute Gasteiger partial charge is 0.340 e. The summed E-state index contributed by atoms with van der Waals surface area (Å²) < 4.78 is 0. The van der Waals surface area contributed by atoms with Crippen molar-refractivity contribution in [1.29, 1.82) is 0 Å². The minimum absolute atomic E-state index is 0.0863. The molecule has 61 heavy (non-hydrogen) atoms. The van der Waals surface area contributed by atoms with Crippen LogP contribution in [0.5, 0.6) is 0 Å². The first-order valence-electron chi connectivity index (χ1n) is 21.4. The zero-order chi connectivity index (χ0) is 42.0. The van der Waals surface area contributed by atoms with Gasteiger partial charge in [0.2, 0.25) is 17.7 Å². The normalized spacial score (nSPS) is 16.0. The average Bonchev–Trinajstić information content (AvgIpc) is 4.11. The number of rotatable bonds is 16. The van der Waals surface area contributed by atoms with Crippen molar-refractivity contribution >= 4 is 40.4 Å². The number of aromatic nitrogens is 2. The number of nitrogens with zero attached hydrogens (tertiary/aromatic N) is 5. The summed E-state index contributed by atoms with van der Waals surface area (Å²) >= 11 is 3.27. The predicted octanol–water partition coefficient (Wildman–Crippen LogP) is 8.40. The maximum absolute atomic E-state index is 14.3. The molecule has 0 aliphatic carbocycles. The molecule has 2 N–H and O–H groups in total. The Hall–Kier alpha value is -5.53. The van der Waals surface area contributed by atoms with E-state index < -0.39 is 6.04 Å². The minimum atomic E-state index is -0.748. The molecule has 10 nitrogen and oxygen atoms in total. The molecule has 0 radical (unpaired) electrons. The molecule has 2 saturated heterocycles. The van der Waals surface area contributed by atoms with Crippen molar-refractivity contribution in [2.24, 2.45) is 0 Å². The molecule has 314 valence electrons. The Kier molecular flexibility index (Phi) is 14.1. The van der Waals surface area contributed by atoms with E-state index in [-0.39, 0.29) is 23.8 Å². The van der Waals surface area contributed by atoms with Gasteiger partial charge in [-0.05, 0) is 52.6 Å². The van der Waals surface area contributed by atoms with Crippen LogP contribution >= 0.6 is 22.7 Å². The minimum Gasteiger partial charge on any atom is -0.340 e. The van der Waals surface area contributed by atoms with E-state index in [0.29, 0.717) is 39.0 Å². The topological polar surface area (TPSA) is 111 Å². The smallest absolute Gasteiger partial charge is 0.250 e. The maximum Gasteiger partial charge on any atom is 0.250 e. The summed E-state index contributed by atoms with van der Waals surface area (Å²) in [6.07, 6.45) is 7.19. The molecule has 0 spiro atoms. The first-order valence-corrected chi connectivity index (χ1v) is 23.1. The molecule has 0 saturated carbocycles. The molecule has 2 aliphatic heterocycles. The van der Waals surface area contributed by atoms with Crippen LogP contribution in [0.2, 0.25) is 0 Å². The lowest BCUT2D eigenvalue weighted by Gasteiger charge is -2.29. The number of hydrogen-bond donors (Lipinski definition) is 2. The van der Waals surface area contributed by atoms with E-state index in [4.69, 9.17) is 9.97 Å². The van der Waals surface area contributed by atoms with Crippen molar-refractivity contribution in [1.82, 2.24) is 35.3 Å². The lowest BCUT2D eigenvalue weighted by molar-refractivity contribution is -0.137. The number of hydrogen-bond acceptors (Lipinski definition) is 9. The predicted molar refractivity (Wildman–Crippen MR) is 245 cm³/mol. The Labute approximate surface area is 366 Å². The van der Waals surface area contributed by atoms with Gasteiger partial charge in [-0.3, -0.25) is 14.4 Å². The van der Waals surface area contributed by atoms with Crippen LogP contribution in [-0.4, -0.2) is 88.2 Å². The van der Waals surface area contributed by atoms with Crippen LogP contribution in [0.1, 0.15) is 65.8 Å². The average molecular weight is 852 g/mol. The summed E-state index contributed by atoms with van der Waals surface area (Å²) in [5, 5.41) is 8.30. The van der Waals surface area contributed by atoms with Gasteiger partial charge in [0.1, 0.15) is 16.1 Å². The van der Waals surface area contributed by atoms with E-state index >= 15 is 0 Å². The molecule has 6 aromatic rings. The molecular weight excluding hydrogens is 799 g/mol. The number of thiazole rings is 2. The highest BCUT2D eigenvalue weighted by Gasteiger charge is 2.37. The highest BCUT2D eigenvalue weighted by Crippen LogP contribution is 2.39. The SMILES string of the molecule is CCCN(Cc1ncc(-c2ccc(-c3ccc(-c4cnc([C@@H]5CCCN5C(=O)[C@H](NC(=O)CCN5CCNCC5)c5ccccc5)s4)cc3)cc2)s1)C(=O)Cc1ccccc1. The van der Waals surface area contributed by atoms with Crippen LogP contribution in [-0.2, 0) is 27.3 Å². The van der Waals surface area contributed by atoms with Gasteiger partial charge in [0.25, 0.3) is 0 Å². The Morgan fingerprint density at radius 3 is 2.08 bits per heavy atom. The number of carbonyl (C=O) groups is 3. The maximum atomic E-state index is 14.3. The molecular formula is C49H53N7O3S2. The lowest BCUT2D eigenvalue weighted by atomic mass is 10.0. The first-order chi connectivity index (χ1) is 29.9. The van der Waals surface area contributed by atoms with Crippen molar-refractivity contribution in [3.05, 3.63) is 143 Å². The monoisotopic (exact) mass is 851 g/mol. The van der Waals surface area contributed by atoms with Crippen LogP contribution in [0.4, 0.5) is 0 Å². The zero-order valence-electron chi connectivity index (χ0n) is 34.7. The Bertz CT molecular complexity index is 2360. The summed E-state index contributed by atoms with van der Waals surface area (Å²) in [7, 11) is 0. The summed E-state index contributed by atoms with van der Waals surface area (Å²) in [6, 6.07) is 35.7. The molecule has 8 rings (SSSR count). The van der Waals surface area contributed by atoms with Crippen LogP contribution in [0.25, 0.3) is 32.0 Å².